The summed E-state index contributed by atoms with van der Waals surface area (Å²) in [5.74, 6) is 0.463. The van der Waals surface area contributed by atoms with E-state index in [0.29, 0.717) is 28.4 Å². The summed E-state index contributed by atoms with van der Waals surface area (Å²) in [6.45, 7) is 0. The van der Waals surface area contributed by atoms with Crippen LogP contribution in [0.1, 0.15) is 0 Å². The lowest BCUT2D eigenvalue weighted by Crippen LogP contribution is -1.97. The number of aromatic nitrogens is 4. The second-order valence-corrected chi connectivity index (χ2v) is 5.33. The van der Waals surface area contributed by atoms with E-state index in [0.717, 1.165) is 0 Å². The van der Waals surface area contributed by atoms with Gasteiger partial charge in [-0.3, -0.25) is 0 Å². The summed E-state index contributed by atoms with van der Waals surface area (Å²) in [5.41, 5.74) is 1.60. The predicted octanol–water partition coefficient (Wildman–Crippen LogP) is 4.38. The maximum Gasteiger partial charge on any atom is 0.246 e. The number of hydrogen-bond acceptors (Lipinski definition) is 4. The molecule has 0 atom stereocenters. The molecule has 7 heteroatoms. The van der Waals surface area contributed by atoms with E-state index in [1.165, 1.54) is 10.6 Å². The molecule has 0 unspecified atom stereocenters. The van der Waals surface area contributed by atoms with Crippen molar-refractivity contribution in [1.29, 1.82) is 0 Å². The van der Waals surface area contributed by atoms with Crippen LogP contribution < -0.4 is 4.74 Å². The number of benzene rings is 2. The van der Waals surface area contributed by atoms with Crippen LogP contribution in [0.2, 0.25) is 5.28 Å². The van der Waals surface area contributed by atoms with Crippen molar-refractivity contribution in [3.05, 3.63) is 71.8 Å². The smallest absolute Gasteiger partial charge is 0.246 e. The van der Waals surface area contributed by atoms with Crippen LogP contribution in [0.15, 0.2) is 60.7 Å². The molecule has 0 fully saturated rings. The van der Waals surface area contributed by atoms with E-state index < -0.39 is 0 Å². The van der Waals surface area contributed by atoms with Crippen LogP contribution in [-0.2, 0) is 0 Å². The molecule has 0 saturated heterocycles. The zero-order valence-electron chi connectivity index (χ0n) is 12.2. The average Bonchev–Trinajstić information content (AvgIpc) is 2.97. The molecule has 0 bridgehead atoms. The number of fused-ring (bicyclic) bond motifs is 1. The van der Waals surface area contributed by atoms with Crippen LogP contribution in [-0.4, -0.2) is 19.8 Å². The molecule has 4 aromatic rings. The largest absolute Gasteiger partial charge is 0.437 e. The summed E-state index contributed by atoms with van der Waals surface area (Å²) in [6, 6.07) is 17.0. The van der Waals surface area contributed by atoms with Crippen molar-refractivity contribution in [2.45, 2.75) is 0 Å². The lowest BCUT2D eigenvalue weighted by molar-refractivity contribution is 0.453. The van der Waals surface area contributed by atoms with Crippen LogP contribution in [0.4, 0.5) is 4.39 Å². The van der Waals surface area contributed by atoms with Gasteiger partial charge in [0.1, 0.15) is 11.6 Å². The predicted molar refractivity (Wildman–Crippen MR) is 87.7 cm³/mol. The Hall–Kier alpha value is -2.99. The molecule has 0 saturated carbocycles. The number of rotatable bonds is 3. The Bertz CT molecular complexity index is 1030. The van der Waals surface area contributed by atoms with Crippen LogP contribution in [0.25, 0.3) is 16.8 Å². The molecule has 0 aliphatic rings. The van der Waals surface area contributed by atoms with Gasteiger partial charge in [0.15, 0.2) is 5.65 Å². The summed E-state index contributed by atoms with van der Waals surface area (Å²) in [5, 5.41) is 12.0. The summed E-state index contributed by atoms with van der Waals surface area (Å²) in [6.07, 6.45) is 0. The molecule has 0 aliphatic carbocycles. The van der Waals surface area contributed by atoms with Gasteiger partial charge in [0, 0.05) is 17.2 Å². The standard InChI is InChI=1S/C17H10ClFN4O/c18-17-21-20-15-9-10-16(22-23(15)17)24-14-8-4-2-6-12(14)11-5-1-3-7-13(11)19/h1-10H. The lowest BCUT2D eigenvalue weighted by atomic mass is 10.0. The van der Waals surface area contributed by atoms with Crippen molar-refractivity contribution in [2.24, 2.45) is 0 Å². The van der Waals surface area contributed by atoms with E-state index in [9.17, 15) is 4.39 Å². The van der Waals surface area contributed by atoms with E-state index in [2.05, 4.69) is 15.3 Å². The minimum absolute atomic E-state index is 0.137. The summed E-state index contributed by atoms with van der Waals surface area (Å²) in [7, 11) is 0. The first-order valence-electron chi connectivity index (χ1n) is 7.12. The van der Waals surface area contributed by atoms with Crippen molar-refractivity contribution in [1.82, 2.24) is 19.8 Å². The minimum atomic E-state index is -0.321. The van der Waals surface area contributed by atoms with Gasteiger partial charge in [-0.15, -0.1) is 15.3 Å². The first kappa shape index (κ1) is 14.6. The monoisotopic (exact) mass is 340 g/mol. The highest BCUT2D eigenvalue weighted by atomic mass is 35.5. The number of hydrogen-bond donors (Lipinski definition) is 0. The Morgan fingerprint density at radius 1 is 0.875 bits per heavy atom. The highest BCUT2D eigenvalue weighted by molar-refractivity contribution is 6.28. The maximum atomic E-state index is 14.1. The third-order valence-electron chi connectivity index (χ3n) is 3.47. The molecule has 2 aromatic heterocycles. The SMILES string of the molecule is Fc1ccccc1-c1ccccc1Oc1ccc2nnc(Cl)n2n1. The molecular formula is C17H10ClFN4O. The zero-order valence-corrected chi connectivity index (χ0v) is 13.0. The lowest BCUT2D eigenvalue weighted by Gasteiger charge is -2.11. The highest BCUT2D eigenvalue weighted by Gasteiger charge is 2.12. The molecule has 0 aliphatic heterocycles. The van der Waals surface area contributed by atoms with Gasteiger partial charge in [-0.05, 0) is 29.8 Å². The normalized spacial score (nSPS) is 10.9. The molecule has 0 spiro atoms. The van der Waals surface area contributed by atoms with E-state index in [-0.39, 0.29) is 11.1 Å². The topological polar surface area (TPSA) is 52.3 Å². The van der Waals surface area contributed by atoms with Crippen molar-refractivity contribution < 1.29 is 9.13 Å². The molecule has 0 radical (unpaired) electrons. The van der Waals surface area contributed by atoms with Gasteiger partial charge >= 0.3 is 0 Å². The third kappa shape index (κ3) is 2.57. The second-order valence-electron chi connectivity index (χ2n) is 4.99. The quantitative estimate of drug-likeness (QED) is 0.555. The van der Waals surface area contributed by atoms with Gasteiger partial charge < -0.3 is 4.74 Å². The van der Waals surface area contributed by atoms with E-state index in [1.807, 2.05) is 12.1 Å². The fraction of sp³-hybridized carbons (Fsp3) is 0. The Morgan fingerprint density at radius 2 is 1.62 bits per heavy atom. The van der Waals surface area contributed by atoms with E-state index >= 15 is 0 Å². The molecule has 5 nitrogen and oxygen atoms in total. The van der Waals surface area contributed by atoms with E-state index in [4.69, 9.17) is 16.3 Å². The first-order chi connectivity index (χ1) is 11.7. The summed E-state index contributed by atoms with van der Waals surface area (Å²) < 4.78 is 21.3. The van der Waals surface area contributed by atoms with Crippen LogP contribution in [0, 0.1) is 5.82 Å². The van der Waals surface area contributed by atoms with Crippen molar-refractivity contribution in [3.63, 3.8) is 0 Å². The molecule has 0 N–H and O–H groups in total. The number of para-hydroxylation sites is 1. The molecule has 24 heavy (non-hydrogen) atoms. The van der Waals surface area contributed by atoms with Crippen molar-refractivity contribution in [2.75, 3.05) is 0 Å². The zero-order chi connectivity index (χ0) is 16.5. The maximum absolute atomic E-state index is 14.1. The molecule has 118 valence electrons. The van der Waals surface area contributed by atoms with Crippen molar-refractivity contribution in [3.8, 4) is 22.8 Å². The summed E-state index contributed by atoms with van der Waals surface area (Å²) in [4.78, 5) is 0. The third-order valence-corrected chi connectivity index (χ3v) is 3.70. The van der Waals surface area contributed by atoms with Crippen LogP contribution in [0.3, 0.4) is 0 Å². The Labute approximate surface area is 141 Å². The van der Waals surface area contributed by atoms with Gasteiger partial charge in [0.05, 0.1) is 0 Å². The van der Waals surface area contributed by atoms with E-state index in [1.54, 1.807) is 42.5 Å². The van der Waals surface area contributed by atoms with Gasteiger partial charge in [0.25, 0.3) is 0 Å². The number of halogens is 2. The molecule has 2 aromatic carbocycles. The fourth-order valence-electron chi connectivity index (χ4n) is 2.37. The summed E-state index contributed by atoms with van der Waals surface area (Å²) >= 11 is 5.92. The second kappa shape index (κ2) is 5.90. The average molecular weight is 341 g/mol. The Morgan fingerprint density at radius 3 is 2.46 bits per heavy atom. The van der Waals surface area contributed by atoms with Gasteiger partial charge in [-0.25, -0.2) is 4.39 Å². The minimum Gasteiger partial charge on any atom is -0.437 e. The molecule has 0 amide bonds. The van der Waals surface area contributed by atoms with Gasteiger partial charge in [0.2, 0.25) is 11.2 Å². The molecular weight excluding hydrogens is 331 g/mol. The van der Waals surface area contributed by atoms with Crippen molar-refractivity contribution >= 4 is 17.2 Å². The van der Waals surface area contributed by atoms with Crippen LogP contribution in [0.5, 0.6) is 11.6 Å². The fourth-order valence-corrected chi connectivity index (χ4v) is 2.53. The van der Waals surface area contributed by atoms with Gasteiger partial charge in [-0.1, -0.05) is 36.4 Å². The Kier molecular flexibility index (Phi) is 3.59. The Balaban J connectivity index is 1.77. The number of nitrogens with zero attached hydrogens (tertiary/aromatic N) is 4. The first-order valence-corrected chi connectivity index (χ1v) is 7.50. The number of ether oxygens (including phenoxy) is 1. The van der Waals surface area contributed by atoms with Crippen LogP contribution >= 0.6 is 11.6 Å². The molecule has 4 rings (SSSR count). The van der Waals surface area contributed by atoms with Gasteiger partial charge in [-0.2, -0.15) is 4.52 Å². The molecule has 2 heterocycles. The highest BCUT2D eigenvalue weighted by Crippen LogP contribution is 2.34.